The van der Waals surface area contributed by atoms with Gasteiger partial charge in [0.15, 0.2) is 0 Å². The number of carbonyl (C=O) groups excluding carboxylic acids is 1. The molecule has 4 heteroatoms. The van der Waals surface area contributed by atoms with Crippen LogP contribution in [0.3, 0.4) is 0 Å². The van der Waals surface area contributed by atoms with E-state index >= 15 is 0 Å². The maximum absolute atomic E-state index is 11.8. The summed E-state index contributed by atoms with van der Waals surface area (Å²) < 4.78 is 10.7. The van der Waals surface area contributed by atoms with Gasteiger partial charge in [-0.15, -0.1) is 0 Å². The van der Waals surface area contributed by atoms with Crippen molar-refractivity contribution in [1.29, 1.82) is 0 Å². The lowest BCUT2D eigenvalue weighted by molar-refractivity contribution is 0.155. The number of ether oxygens (including phenoxy) is 2. The third-order valence-corrected chi connectivity index (χ3v) is 2.99. The summed E-state index contributed by atoms with van der Waals surface area (Å²) in [5.74, 6) is 0.620. The SMILES string of the molecule is CCCCOc1[c]ccc(NC(=O)OCc2ccccc2)c1. The summed E-state index contributed by atoms with van der Waals surface area (Å²) in [6.45, 7) is 2.99. The molecule has 0 saturated heterocycles. The van der Waals surface area contributed by atoms with Crippen LogP contribution in [0.4, 0.5) is 10.5 Å². The highest BCUT2D eigenvalue weighted by atomic mass is 16.5. The van der Waals surface area contributed by atoms with E-state index in [0.717, 1.165) is 18.4 Å². The Morgan fingerprint density at radius 2 is 2.05 bits per heavy atom. The maximum Gasteiger partial charge on any atom is 0.411 e. The number of rotatable bonds is 7. The van der Waals surface area contributed by atoms with Crippen molar-refractivity contribution >= 4 is 11.8 Å². The van der Waals surface area contributed by atoms with Gasteiger partial charge in [-0.3, -0.25) is 5.32 Å². The molecule has 0 aliphatic heterocycles. The molecule has 1 amide bonds. The zero-order valence-electron chi connectivity index (χ0n) is 12.7. The maximum atomic E-state index is 11.8. The molecule has 0 saturated carbocycles. The monoisotopic (exact) mass is 298 g/mol. The van der Waals surface area contributed by atoms with Crippen molar-refractivity contribution in [2.24, 2.45) is 0 Å². The highest BCUT2D eigenvalue weighted by molar-refractivity contribution is 5.84. The molecule has 0 spiro atoms. The van der Waals surface area contributed by atoms with E-state index in [2.05, 4.69) is 18.3 Å². The van der Waals surface area contributed by atoms with Gasteiger partial charge in [0.25, 0.3) is 0 Å². The number of nitrogens with one attached hydrogen (secondary N) is 1. The number of anilines is 1. The van der Waals surface area contributed by atoms with Crippen molar-refractivity contribution in [3.8, 4) is 5.75 Å². The first-order valence-electron chi connectivity index (χ1n) is 7.40. The van der Waals surface area contributed by atoms with Crippen LogP contribution in [-0.4, -0.2) is 12.7 Å². The number of amides is 1. The van der Waals surface area contributed by atoms with Gasteiger partial charge in [-0.1, -0.05) is 43.7 Å². The first kappa shape index (κ1) is 15.9. The number of carbonyl (C=O) groups is 1. The Balaban J connectivity index is 1.82. The molecular formula is C18H20NO3. The van der Waals surface area contributed by atoms with Crippen LogP contribution >= 0.6 is 0 Å². The van der Waals surface area contributed by atoms with E-state index in [1.165, 1.54) is 0 Å². The molecule has 22 heavy (non-hydrogen) atoms. The fourth-order valence-corrected chi connectivity index (χ4v) is 1.81. The number of hydrogen-bond donors (Lipinski definition) is 1. The van der Waals surface area contributed by atoms with Gasteiger partial charge in [-0.05, 0) is 24.1 Å². The topological polar surface area (TPSA) is 47.6 Å². The molecule has 2 aromatic carbocycles. The Kier molecular flexibility index (Phi) is 6.30. The van der Waals surface area contributed by atoms with Crippen LogP contribution < -0.4 is 10.1 Å². The van der Waals surface area contributed by atoms with Gasteiger partial charge in [0.1, 0.15) is 12.4 Å². The number of unbranched alkanes of at least 4 members (excludes halogenated alkanes) is 1. The lowest BCUT2D eigenvalue weighted by atomic mass is 10.2. The Bertz CT molecular complexity index is 584. The molecule has 0 atom stereocenters. The Morgan fingerprint density at radius 1 is 1.23 bits per heavy atom. The third kappa shape index (κ3) is 5.48. The van der Waals surface area contributed by atoms with Crippen LogP contribution in [-0.2, 0) is 11.3 Å². The highest BCUT2D eigenvalue weighted by Crippen LogP contribution is 2.17. The van der Waals surface area contributed by atoms with E-state index < -0.39 is 6.09 Å². The van der Waals surface area contributed by atoms with Crippen molar-refractivity contribution in [1.82, 2.24) is 0 Å². The average Bonchev–Trinajstić information content (AvgIpc) is 2.55. The smallest absolute Gasteiger partial charge is 0.411 e. The van der Waals surface area contributed by atoms with E-state index in [4.69, 9.17) is 9.47 Å². The summed E-state index contributed by atoms with van der Waals surface area (Å²) in [6.07, 6.45) is 1.57. The van der Waals surface area contributed by atoms with Gasteiger partial charge in [0, 0.05) is 17.8 Å². The molecule has 2 aromatic rings. The molecule has 1 radical (unpaired) electrons. The van der Waals surface area contributed by atoms with Crippen LogP contribution in [0, 0.1) is 6.07 Å². The van der Waals surface area contributed by atoms with Gasteiger partial charge in [0.2, 0.25) is 0 Å². The zero-order valence-corrected chi connectivity index (χ0v) is 12.7. The van der Waals surface area contributed by atoms with E-state index in [9.17, 15) is 4.79 Å². The van der Waals surface area contributed by atoms with Gasteiger partial charge in [-0.25, -0.2) is 4.79 Å². The van der Waals surface area contributed by atoms with Crippen molar-refractivity contribution in [2.75, 3.05) is 11.9 Å². The minimum Gasteiger partial charge on any atom is -0.493 e. The van der Waals surface area contributed by atoms with Crippen molar-refractivity contribution < 1.29 is 14.3 Å². The van der Waals surface area contributed by atoms with Crippen molar-refractivity contribution in [2.45, 2.75) is 26.4 Å². The molecule has 0 heterocycles. The second kappa shape index (κ2) is 8.72. The Labute approximate surface area is 131 Å². The van der Waals surface area contributed by atoms with Crippen molar-refractivity contribution in [3.05, 3.63) is 60.2 Å². The zero-order chi connectivity index (χ0) is 15.6. The lowest BCUT2D eigenvalue weighted by Gasteiger charge is -2.09. The highest BCUT2D eigenvalue weighted by Gasteiger charge is 2.05. The molecule has 4 nitrogen and oxygen atoms in total. The van der Waals surface area contributed by atoms with Crippen LogP contribution in [0.2, 0.25) is 0 Å². The van der Waals surface area contributed by atoms with E-state index in [1.54, 1.807) is 18.2 Å². The summed E-state index contributed by atoms with van der Waals surface area (Å²) in [5.41, 5.74) is 1.57. The lowest BCUT2D eigenvalue weighted by Crippen LogP contribution is -2.13. The van der Waals surface area contributed by atoms with Gasteiger partial charge < -0.3 is 9.47 Å². The quantitative estimate of drug-likeness (QED) is 0.770. The van der Waals surface area contributed by atoms with Crippen molar-refractivity contribution in [3.63, 3.8) is 0 Å². The summed E-state index contributed by atoms with van der Waals surface area (Å²) in [7, 11) is 0. The van der Waals surface area contributed by atoms with Crippen LogP contribution in [0.15, 0.2) is 48.5 Å². The molecule has 2 rings (SSSR count). The third-order valence-electron chi connectivity index (χ3n) is 2.99. The summed E-state index contributed by atoms with van der Waals surface area (Å²) in [6, 6.07) is 17.7. The minimum atomic E-state index is -0.491. The first-order chi connectivity index (χ1) is 10.8. The molecule has 0 bridgehead atoms. The standard InChI is InChI=1S/C18H20NO3/c1-2-3-12-21-17-11-7-10-16(13-17)19-18(20)22-14-15-8-5-4-6-9-15/h4-10,13H,2-3,12,14H2,1H3,(H,19,20). The molecule has 0 fully saturated rings. The second-order valence-electron chi connectivity index (χ2n) is 4.83. The Hall–Kier alpha value is -2.49. The molecule has 0 aromatic heterocycles. The fraction of sp³-hybridized carbons (Fsp3) is 0.278. The van der Waals surface area contributed by atoms with E-state index in [-0.39, 0.29) is 6.61 Å². The van der Waals surface area contributed by atoms with Crippen LogP contribution in [0.5, 0.6) is 5.75 Å². The predicted molar refractivity (Wildman–Crippen MR) is 85.9 cm³/mol. The average molecular weight is 298 g/mol. The molecule has 1 N–H and O–H groups in total. The second-order valence-corrected chi connectivity index (χ2v) is 4.83. The van der Waals surface area contributed by atoms with Gasteiger partial charge >= 0.3 is 6.09 Å². The van der Waals surface area contributed by atoms with Gasteiger partial charge in [0.05, 0.1) is 6.61 Å². The summed E-state index contributed by atoms with van der Waals surface area (Å²) in [4.78, 5) is 11.8. The first-order valence-corrected chi connectivity index (χ1v) is 7.40. The van der Waals surface area contributed by atoms with Gasteiger partial charge in [-0.2, -0.15) is 0 Å². The fourth-order valence-electron chi connectivity index (χ4n) is 1.81. The van der Waals surface area contributed by atoms with Crippen LogP contribution in [0.1, 0.15) is 25.3 Å². The van der Waals surface area contributed by atoms with E-state index in [0.29, 0.717) is 18.0 Å². The van der Waals surface area contributed by atoms with Crippen LogP contribution in [0.25, 0.3) is 0 Å². The summed E-state index contributed by atoms with van der Waals surface area (Å²) >= 11 is 0. The molecular weight excluding hydrogens is 278 g/mol. The molecule has 0 unspecified atom stereocenters. The predicted octanol–water partition coefficient (Wildman–Crippen LogP) is 4.41. The molecule has 115 valence electrons. The molecule has 0 aliphatic carbocycles. The van der Waals surface area contributed by atoms with E-state index in [1.807, 2.05) is 30.3 Å². The number of benzene rings is 2. The molecule has 0 aliphatic rings. The Morgan fingerprint density at radius 3 is 2.82 bits per heavy atom. The summed E-state index contributed by atoms with van der Waals surface area (Å²) in [5, 5.41) is 2.68. The normalized spacial score (nSPS) is 10.0. The minimum absolute atomic E-state index is 0.242. The largest absolute Gasteiger partial charge is 0.493 e. The number of hydrogen-bond acceptors (Lipinski definition) is 3.